The van der Waals surface area contributed by atoms with Gasteiger partial charge in [-0.05, 0) is 49.1 Å². The van der Waals surface area contributed by atoms with Crippen molar-refractivity contribution in [3.05, 3.63) is 79.5 Å². The van der Waals surface area contributed by atoms with E-state index in [-0.39, 0.29) is 24.0 Å². The molecule has 31 heavy (non-hydrogen) atoms. The van der Waals surface area contributed by atoms with Crippen LogP contribution in [0.15, 0.2) is 46.0 Å². The van der Waals surface area contributed by atoms with E-state index in [0.717, 1.165) is 28.7 Å². The number of hydrogen-bond acceptors (Lipinski definition) is 5. The van der Waals surface area contributed by atoms with Gasteiger partial charge >= 0.3 is 5.69 Å². The second-order valence-corrected chi connectivity index (χ2v) is 7.62. The van der Waals surface area contributed by atoms with Crippen LogP contribution in [-0.2, 0) is 24.3 Å². The highest BCUT2D eigenvalue weighted by Gasteiger charge is 2.21. The minimum Gasteiger partial charge on any atom is -0.350 e. The summed E-state index contributed by atoms with van der Waals surface area (Å²) in [6.07, 6.45) is 0.801. The molecule has 2 aromatic carbocycles. The summed E-state index contributed by atoms with van der Waals surface area (Å²) in [7, 11) is 0. The largest absolute Gasteiger partial charge is 0.350 e. The highest BCUT2D eigenvalue weighted by atomic mass is 16.2. The quantitative estimate of drug-likeness (QED) is 0.483. The highest BCUT2D eigenvalue weighted by Crippen LogP contribution is 2.24. The maximum absolute atomic E-state index is 12.8. The molecular formula is C23H23N5O3. The fourth-order valence-corrected chi connectivity index (χ4v) is 3.64. The Morgan fingerprint density at radius 2 is 1.84 bits per heavy atom. The lowest BCUT2D eigenvalue weighted by Gasteiger charge is -2.18. The lowest BCUT2D eigenvalue weighted by molar-refractivity contribution is -0.121. The molecule has 0 bridgehead atoms. The van der Waals surface area contributed by atoms with E-state index < -0.39 is 11.2 Å². The molecule has 2 aliphatic rings. The van der Waals surface area contributed by atoms with Gasteiger partial charge < -0.3 is 9.88 Å². The van der Waals surface area contributed by atoms with Crippen LogP contribution in [-0.4, -0.2) is 25.4 Å². The third kappa shape index (κ3) is 4.09. The van der Waals surface area contributed by atoms with Gasteiger partial charge in [0.25, 0.3) is 5.56 Å². The number of carbonyl (C=O) groups is 1. The fourth-order valence-electron chi connectivity index (χ4n) is 3.64. The van der Waals surface area contributed by atoms with Crippen LogP contribution < -0.4 is 16.6 Å². The first-order valence-corrected chi connectivity index (χ1v) is 10.1. The van der Waals surface area contributed by atoms with Crippen molar-refractivity contribution in [2.75, 3.05) is 0 Å². The Balaban J connectivity index is 1.77. The second-order valence-electron chi connectivity index (χ2n) is 7.62. The van der Waals surface area contributed by atoms with Gasteiger partial charge in [0.15, 0.2) is 11.5 Å². The maximum atomic E-state index is 12.8. The van der Waals surface area contributed by atoms with Crippen LogP contribution in [0.1, 0.15) is 29.2 Å². The Kier molecular flexibility index (Phi) is 5.37. The van der Waals surface area contributed by atoms with Gasteiger partial charge in [-0.15, -0.1) is 0 Å². The monoisotopic (exact) mass is 417 g/mol. The molecule has 4 rings (SSSR count). The molecule has 0 fully saturated rings. The summed E-state index contributed by atoms with van der Waals surface area (Å²) >= 11 is 0. The number of hydrogen-bond donors (Lipinski definition) is 2. The Labute approximate surface area is 178 Å². The van der Waals surface area contributed by atoms with E-state index in [1.54, 1.807) is 4.57 Å². The van der Waals surface area contributed by atoms with Gasteiger partial charge in [0.05, 0.1) is 11.0 Å². The van der Waals surface area contributed by atoms with Gasteiger partial charge in [0.2, 0.25) is 5.91 Å². The standard InChI is InChI=1S/C23H23N5O3/c1-4-16-10-18-17(9-14(16)3)25-20-21(26-23(31)27-22(20)30)28(18)12-19(29)24-11-15-7-5-13(2)6-8-15/h5-10H,4,11-12H2,1-3H3,(H,24,29)(H,27,30,31). The average Bonchev–Trinajstić information content (AvgIpc) is 2.73. The zero-order valence-corrected chi connectivity index (χ0v) is 17.7. The van der Waals surface area contributed by atoms with E-state index in [0.29, 0.717) is 17.6 Å². The number of benzene rings is 2. The summed E-state index contributed by atoms with van der Waals surface area (Å²) in [4.78, 5) is 47.6. The molecule has 0 aliphatic carbocycles. The smallest absolute Gasteiger partial charge is 0.349 e. The van der Waals surface area contributed by atoms with E-state index in [4.69, 9.17) is 0 Å². The molecule has 0 unspecified atom stereocenters. The summed E-state index contributed by atoms with van der Waals surface area (Å²) in [5.74, 6) is -0.162. The molecule has 8 nitrogen and oxygen atoms in total. The Hall–Kier alpha value is -3.81. The zero-order valence-electron chi connectivity index (χ0n) is 17.7. The predicted octanol–water partition coefficient (Wildman–Crippen LogP) is 2.08. The van der Waals surface area contributed by atoms with E-state index >= 15 is 0 Å². The van der Waals surface area contributed by atoms with E-state index in [2.05, 4.69) is 20.3 Å². The van der Waals surface area contributed by atoms with Crippen molar-refractivity contribution < 1.29 is 4.79 Å². The summed E-state index contributed by atoms with van der Waals surface area (Å²) in [5, 5.41) is 2.89. The number of nitrogens with one attached hydrogen (secondary N) is 2. The first kappa shape index (κ1) is 20.5. The molecular weight excluding hydrogens is 394 g/mol. The number of rotatable bonds is 5. The van der Waals surface area contributed by atoms with Crippen molar-refractivity contribution >= 4 is 16.9 Å². The van der Waals surface area contributed by atoms with Crippen molar-refractivity contribution in [3.8, 4) is 11.5 Å². The number of H-pyrrole nitrogens is 1. The maximum Gasteiger partial charge on any atom is 0.349 e. The number of aromatic amines is 1. The number of carbonyl (C=O) groups excluding carboxylic acids is 1. The molecule has 0 atom stereocenters. The van der Waals surface area contributed by atoms with Gasteiger partial charge in [-0.1, -0.05) is 36.8 Å². The van der Waals surface area contributed by atoms with Crippen LogP contribution in [0.5, 0.6) is 0 Å². The Morgan fingerprint density at radius 3 is 2.55 bits per heavy atom. The van der Waals surface area contributed by atoms with Crippen molar-refractivity contribution in [1.82, 2.24) is 24.8 Å². The van der Waals surface area contributed by atoms with Crippen LogP contribution in [0.3, 0.4) is 0 Å². The van der Waals surface area contributed by atoms with Crippen molar-refractivity contribution in [2.45, 2.75) is 40.3 Å². The molecule has 2 N–H and O–H groups in total. The normalized spacial score (nSPS) is 11.2. The Bertz CT molecular complexity index is 1370. The van der Waals surface area contributed by atoms with Crippen molar-refractivity contribution in [1.29, 1.82) is 0 Å². The number of fused-ring (bicyclic) bond motifs is 2. The minimum absolute atomic E-state index is 0.0297. The van der Waals surface area contributed by atoms with Crippen LogP contribution in [0.4, 0.5) is 0 Å². The van der Waals surface area contributed by atoms with E-state index in [1.807, 2.05) is 57.2 Å². The van der Waals surface area contributed by atoms with Gasteiger partial charge in [-0.3, -0.25) is 14.6 Å². The molecule has 2 aliphatic heterocycles. The second kappa shape index (κ2) is 8.14. The lowest BCUT2D eigenvalue weighted by atomic mass is 10.0. The molecule has 0 saturated carbocycles. The first-order valence-electron chi connectivity index (χ1n) is 10.1. The third-order valence-corrected chi connectivity index (χ3v) is 5.36. The van der Waals surface area contributed by atoms with Crippen LogP contribution in [0.2, 0.25) is 0 Å². The molecule has 0 saturated heterocycles. The summed E-state index contributed by atoms with van der Waals surface area (Å²) < 4.78 is 1.59. The number of aryl methyl sites for hydroxylation is 3. The molecule has 2 heterocycles. The number of aromatic nitrogens is 4. The summed E-state index contributed by atoms with van der Waals surface area (Å²) in [6, 6.07) is 11.7. The molecule has 0 aromatic heterocycles. The van der Waals surface area contributed by atoms with Gasteiger partial charge in [-0.2, -0.15) is 4.98 Å². The molecule has 8 heteroatoms. The molecule has 0 radical (unpaired) electrons. The highest BCUT2D eigenvalue weighted by molar-refractivity contribution is 5.84. The topological polar surface area (TPSA) is 110 Å². The molecule has 0 spiro atoms. The zero-order chi connectivity index (χ0) is 22.1. The van der Waals surface area contributed by atoms with Gasteiger partial charge in [0.1, 0.15) is 6.54 Å². The average molecular weight is 417 g/mol. The molecule has 158 valence electrons. The SMILES string of the molecule is CCc1cc2c(cc1C)nc1c(=O)[nH]c(=O)nc-1n2CC(=O)NCc1ccc(C)cc1. The Morgan fingerprint density at radius 1 is 1.10 bits per heavy atom. The lowest BCUT2D eigenvalue weighted by Crippen LogP contribution is -2.32. The first-order chi connectivity index (χ1) is 14.9. The minimum atomic E-state index is -0.768. The van der Waals surface area contributed by atoms with Crippen LogP contribution >= 0.6 is 0 Å². The molecule has 2 aromatic rings. The number of nitrogens with zero attached hydrogens (tertiary/aromatic N) is 3. The van der Waals surface area contributed by atoms with E-state index in [1.165, 1.54) is 0 Å². The van der Waals surface area contributed by atoms with Gasteiger partial charge in [-0.25, -0.2) is 9.78 Å². The van der Waals surface area contributed by atoms with Crippen molar-refractivity contribution in [3.63, 3.8) is 0 Å². The van der Waals surface area contributed by atoms with Gasteiger partial charge in [0, 0.05) is 6.54 Å². The van der Waals surface area contributed by atoms with Crippen molar-refractivity contribution in [2.24, 2.45) is 0 Å². The summed E-state index contributed by atoms with van der Waals surface area (Å²) in [6.45, 7) is 6.31. The van der Waals surface area contributed by atoms with E-state index in [9.17, 15) is 14.4 Å². The molecule has 1 amide bonds. The fraction of sp³-hybridized carbons (Fsp3) is 0.261. The number of amides is 1. The summed E-state index contributed by atoms with van der Waals surface area (Å²) in [5.41, 5.74) is 4.12. The third-order valence-electron chi connectivity index (χ3n) is 5.36. The predicted molar refractivity (Wildman–Crippen MR) is 118 cm³/mol. The van der Waals surface area contributed by atoms with Crippen LogP contribution in [0, 0.1) is 13.8 Å². The van der Waals surface area contributed by atoms with Crippen LogP contribution in [0.25, 0.3) is 22.6 Å².